The number of quaternary nitrogens is 1. The molecule has 0 fully saturated rings. The topological polar surface area (TPSA) is 108 Å². The quantitative estimate of drug-likeness (QED) is 0.0214. The summed E-state index contributed by atoms with van der Waals surface area (Å²) in [5.74, 6) is -2.03. The smallest absolute Gasteiger partial charge is 0.361 e. The van der Waals surface area contributed by atoms with Gasteiger partial charge in [-0.05, 0) is 70.6 Å². The molecule has 0 aliphatic rings. The monoisotopic (exact) mass is 807 g/mol. The van der Waals surface area contributed by atoms with Gasteiger partial charge in [0.05, 0.1) is 34.4 Å². The van der Waals surface area contributed by atoms with Gasteiger partial charge in [0.25, 0.3) is 6.29 Å². The van der Waals surface area contributed by atoms with Gasteiger partial charge in [-0.15, -0.1) is 0 Å². The summed E-state index contributed by atoms with van der Waals surface area (Å²) in [6, 6.07) is 0. The van der Waals surface area contributed by atoms with E-state index in [-0.39, 0.29) is 32.2 Å². The molecule has 0 amide bonds. The maximum Gasteiger partial charge on any atom is 0.361 e. The van der Waals surface area contributed by atoms with Crippen molar-refractivity contribution < 1.29 is 42.9 Å². The molecule has 0 aromatic heterocycles. The lowest BCUT2D eigenvalue weighted by Crippen LogP contribution is -2.40. The van der Waals surface area contributed by atoms with E-state index < -0.39 is 24.3 Å². The van der Waals surface area contributed by atoms with Crippen molar-refractivity contribution in [3.8, 4) is 0 Å². The van der Waals surface area contributed by atoms with Gasteiger partial charge in [-0.2, -0.15) is 0 Å². The largest absolute Gasteiger partial charge is 0.477 e. The Balaban J connectivity index is 4.44. The molecule has 0 radical (unpaired) electrons. The fourth-order valence-corrected chi connectivity index (χ4v) is 6.21. The zero-order chi connectivity index (χ0) is 42.1. The average molecular weight is 807 g/mol. The van der Waals surface area contributed by atoms with Gasteiger partial charge in [-0.1, -0.05) is 147 Å². The summed E-state index contributed by atoms with van der Waals surface area (Å²) in [7, 11) is 5.95. The van der Waals surface area contributed by atoms with Crippen LogP contribution in [0, 0.1) is 0 Å². The second-order valence-electron chi connectivity index (χ2n) is 16.7. The molecule has 2 unspecified atom stereocenters. The van der Waals surface area contributed by atoms with Gasteiger partial charge in [0.1, 0.15) is 13.2 Å². The van der Waals surface area contributed by atoms with Crippen molar-refractivity contribution >= 4 is 17.9 Å². The molecule has 0 spiro atoms. The molecule has 0 saturated heterocycles. The van der Waals surface area contributed by atoms with Crippen LogP contribution >= 0.6 is 0 Å². The number of esters is 2. The molecule has 0 aromatic rings. The number of hydrogen-bond acceptors (Lipinski definition) is 7. The molecule has 1 N–H and O–H groups in total. The third-order valence-electron chi connectivity index (χ3n) is 9.87. The van der Waals surface area contributed by atoms with Gasteiger partial charge < -0.3 is 28.5 Å². The van der Waals surface area contributed by atoms with Gasteiger partial charge in [0.2, 0.25) is 0 Å². The molecule has 0 bridgehead atoms. The Hall–Kier alpha value is -2.49. The van der Waals surface area contributed by atoms with E-state index in [0.29, 0.717) is 23.9 Å². The van der Waals surface area contributed by atoms with Crippen molar-refractivity contribution in [2.75, 3.05) is 47.5 Å². The molecular formula is C48H88NO8+. The van der Waals surface area contributed by atoms with E-state index in [9.17, 15) is 19.5 Å². The van der Waals surface area contributed by atoms with E-state index in [1.807, 2.05) is 21.1 Å². The van der Waals surface area contributed by atoms with Crippen molar-refractivity contribution in [3.63, 3.8) is 0 Å². The minimum absolute atomic E-state index is 0.185. The molecule has 9 heteroatoms. The summed E-state index contributed by atoms with van der Waals surface area (Å²) in [4.78, 5) is 37.1. The minimum atomic E-state index is -1.51. The first kappa shape index (κ1) is 54.5. The van der Waals surface area contributed by atoms with E-state index in [1.54, 1.807) is 0 Å². The first-order valence-corrected chi connectivity index (χ1v) is 23.2. The maximum atomic E-state index is 12.8. The molecular weight excluding hydrogens is 719 g/mol. The molecule has 0 heterocycles. The standard InChI is InChI=1S/C48H87NO8/c1-6-8-10-12-14-16-18-20-22-23-24-25-27-29-31-33-35-37-39-46(51)57-44(43-56-48(47(52)53)54-41-40-49(3,4)5)42-55-45(50)38-36-34-32-30-28-26-21-19-17-15-13-11-9-7-2/h16,18-19,21-23,44,48H,6-15,17,20,24-43H2,1-5H3/p+1/b18-16-,21-19-,23-22-. The molecule has 0 rings (SSSR count). The van der Waals surface area contributed by atoms with Gasteiger partial charge in [-0.25, -0.2) is 4.79 Å². The number of carbonyl (C=O) groups excluding carboxylic acids is 2. The van der Waals surface area contributed by atoms with Crippen LogP contribution in [0.25, 0.3) is 0 Å². The summed E-state index contributed by atoms with van der Waals surface area (Å²) in [5, 5.41) is 9.64. The Morgan fingerprint density at radius 2 is 0.947 bits per heavy atom. The highest BCUT2D eigenvalue weighted by atomic mass is 16.7. The van der Waals surface area contributed by atoms with Crippen molar-refractivity contribution in [3.05, 3.63) is 36.5 Å². The molecule has 0 aromatic carbocycles. The number of unbranched alkanes of at least 4 members (excludes halogenated alkanes) is 21. The summed E-state index contributed by atoms with van der Waals surface area (Å²) < 4.78 is 22.7. The van der Waals surface area contributed by atoms with Gasteiger partial charge in [-0.3, -0.25) is 9.59 Å². The van der Waals surface area contributed by atoms with Crippen LogP contribution < -0.4 is 0 Å². The average Bonchev–Trinajstić information content (AvgIpc) is 3.17. The van der Waals surface area contributed by atoms with E-state index >= 15 is 0 Å². The van der Waals surface area contributed by atoms with Crippen molar-refractivity contribution in [2.24, 2.45) is 0 Å². The molecule has 332 valence electrons. The number of carboxylic acids is 1. The fourth-order valence-electron chi connectivity index (χ4n) is 6.21. The molecule has 0 saturated carbocycles. The van der Waals surface area contributed by atoms with Crippen LogP contribution in [0.1, 0.15) is 194 Å². The normalized spacial score (nSPS) is 13.2. The number of aliphatic carboxylic acids is 1. The van der Waals surface area contributed by atoms with Crippen molar-refractivity contribution in [1.82, 2.24) is 0 Å². The molecule has 9 nitrogen and oxygen atoms in total. The molecule has 2 atom stereocenters. The van der Waals surface area contributed by atoms with Crippen LogP contribution in [0.4, 0.5) is 0 Å². The number of carboxylic acid groups (broad SMARTS) is 1. The van der Waals surface area contributed by atoms with E-state index in [4.69, 9.17) is 18.9 Å². The lowest BCUT2D eigenvalue weighted by atomic mass is 10.1. The first-order valence-electron chi connectivity index (χ1n) is 23.2. The SMILES string of the molecule is CCCCCC/C=C\C/C=C\CCCCCCCCCC(=O)OC(COC(=O)CCCCCCC/C=C\CCCCCCC)COC(OCC[N+](C)(C)C)C(=O)O. The first-order chi connectivity index (χ1) is 27.6. The third-order valence-corrected chi connectivity index (χ3v) is 9.87. The van der Waals surface area contributed by atoms with Crippen LogP contribution in [0.15, 0.2) is 36.5 Å². The van der Waals surface area contributed by atoms with E-state index in [2.05, 4.69) is 50.3 Å². The highest BCUT2D eigenvalue weighted by Crippen LogP contribution is 2.13. The number of hydrogen-bond donors (Lipinski definition) is 1. The second kappa shape index (κ2) is 40.3. The Kier molecular flexibility index (Phi) is 38.5. The summed E-state index contributed by atoms with van der Waals surface area (Å²) in [6.45, 7) is 4.83. The Labute approximate surface area is 350 Å². The van der Waals surface area contributed by atoms with Gasteiger partial charge in [0, 0.05) is 12.8 Å². The predicted molar refractivity (Wildman–Crippen MR) is 235 cm³/mol. The van der Waals surface area contributed by atoms with Crippen LogP contribution in [-0.4, -0.2) is 87.4 Å². The zero-order valence-electron chi connectivity index (χ0n) is 37.5. The number of carbonyl (C=O) groups is 3. The maximum absolute atomic E-state index is 12.8. The fraction of sp³-hybridized carbons (Fsp3) is 0.812. The summed E-state index contributed by atoms with van der Waals surface area (Å²) >= 11 is 0. The van der Waals surface area contributed by atoms with Crippen LogP contribution in [-0.2, 0) is 33.3 Å². The molecule has 0 aliphatic carbocycles. The lowest BCUT2D eigenvalue weighted by molar-refractivity contribution is -0.870. The van der Waals surface area contributed by atoms with E-state index in [1.165, 1.54) is 89.9 Å². The second-order valence-corrected chi connectivity index (χ2v) is 16.7. The van der Waals surface area contributed by atoms with Crippen molar-refractivity contribution in [2.45, 2.75) is 206 Å². The Morgan fingerprint density at radius 1 is 0.526 bits per heavy atom. The van der Waals surface area contributed by atoms with Crippen LogP contribution in [0.3, 0.4) is 0 Å². The number of allylic oxidation sites excluding steroid dienone is 6. The minimum Gasteiger partial charge on any atom is -0.477 e. The van der Waals surface area contributed by atoms with Crippen LogP contribution in [0.2, 0.25) is 0 Å². The third kappa shape index (κ3) is 41.5. The summed E-state index contributed by atoms with van der Waals surface area (Å²) in [6.07, 6.45) is 41.9. The summed E-state index contributed by atoms with van der Waals surface area (Å²) in [5.41, 5.74) is 0. The Bertz CT molecular complexity index is 1030. The lowest BCUT2D eigenvalue weighted by Gasteiger charge is -2.25. The Morgan fingerprint density at radius 3 is 1.42 bits per heavy atom. The van der Waals surface area contributed by atoms with Gasteiger partial charge in [0.15, 0.2) is 6.10 Å². The number of rotatable bonds is 42. The van der Waals surface area contributed by atoms with Gasteiger partial charge >= 0.3 is 17.9 Å². The molecule has 0 aliphatic heterocycles. The highest BCUT2D eigenvalue weighted by molar-refractivity contribution is 5.71. The predicted octanol–water partition coefficient (Wildman–Crippen LogP) is 12.2. The zero-order valence-corrected chi connectivity index (χ0v) is 37.5. The number of likely N-dealkylation sites (N-methyl/N-ethyl adjacent to an activating group) is 1. The van der Waals surface area contributed by atoms with Crippen molar-refractivity contribution in [1.29, 1.82) is 0 Å². The highest BCUT2D eigenvalue weighted by Gasteiger charge is 2.25. The molecule has 57 heavy (non-hydrogen) atoms. The van der Waals surface area contributed by atoms with Crippen LogP contribution in [0.5, 0.6) is 0 Å². The number of ether oxygens (including phenoxy) is 4. The van der Waals surface area contributed by atoms with E-state index in [0.717, 1.165) is 70.6 Å². The number of nitrogens with zero attached hydrogens (tertiary/aromatic N) is 1.